The average molecular weight is 353 g/mol. The Labute approximate surface area is 147 Å². The van der Waals surface area contributed by atoms with Crippen molar-refractivity contribution in [3.8, 4) is 0 Å². The predicted octanol–water partition coefficient (Wildman–Crippen LogP) is 1.85. The van der Waals surface area contributed by atoms with Crippen LogP contribution in [-0.2, 0) is 0 Å². The van der Waals surface area contributed by atoms with Gasteiger partial charge in [-0.05, 0) is 45.0 Å². The molecule has 0 aromatic heterocycles. The van der Waals surface area contributed by atoms with E-state index in [1.54, 1.807) is 24.3 Å². The van der Waals surface area contributed by atoms with E-state index in [2.05, 4.69) is 27.9 Å². The Kier molecular flexibility index (Phi) is 7.34. The molecule has 1 aliphatic rings. The van der Waals surface area contributed by atoms with Crippen molar-refractivity contribution in [3.05, 3.63) is 34.9 Å². The van der Waals surface area contributed by atoms with Gasteiger partial charge in [0.15, 0.2) is 0 Å². The van der Waals surface area contributed by atoms with Crippen molar-refractivity contribution < 1.29 is 9.59 Å². The first-order valence-electron chi connectivity index (χ1n) is 8.32. The third-order valence-electron chi connectivity index (χ3n) is 4.25. The van der Waals surface area contributed by atoms with Crippen molar-refractivity contribution in [3.63, 3.8) is 0 Å². The van der Waals surface area contributed by atoms with Gasteiger partial charge in [-0.1, -0.05) is 23.7 Å². The van der Waals surface area contributed by atoms with Crippen LogP contribution in [0.25, 0.3) is 0 Å². The third-order valence-corrected chi connectivity index (χ3v) is 4.58. The highest BCUT2D eigenvalue weighted by Crippen LogP contribution is 2.17. The van der Waals surface area contributed by atoms with Crippen LogP contribution in [0.2, 0.25) is 5.02 Å². The first-order valence-corrected chi connectivity index (χ1v) is 8.70. The van der Waals surface area contributed by atoms with E-state index in [1.807, 2.05) is 0 Å². The van der Waals surface area contributed by atoms with Crippen LogP contribution in [0.4, 0.5) is 4.79 Å². The largest absolute Gasteiger partial charge is 0.350 e. The van der Waals surface area contributed by atoms with Crippen LogP contribution in [-0.4, -0.2) is 56.1 Å². The summed E-state index contributed by atoms with van der Waals surface area (Å²) >= 11 is 5.96. The van der Waals surface area contributed by atoms with Gasteiger partial charge in [-0.2, -0.15) is 0 Å². The third kappa shape index (κ3) is 5.69. The number of nitrogens with one attached hydrogen (secondary N) is 3. The molecule has 24 heavy (non-hydrogen) atoms. The molecule has 0 bridgehead atoms. The summed E-state index contributed by atoms with van der Waals surface area (Å²) in [6, 6.07) is 7.23. The number of halogens is 1. The van der Waals surface area contributed by atoms with Gasteiger partial charge >= 0.3 is 6.03 Å². The molecular formula is C17H25ClN4O2. The summed E-state index contributed by atoms with van der Waals surface area (Å²) in [5.41, 5.74) is 0.435. The Hall–Kier alpha value is -1.79. The van der Waals surface area contributed by atoms with Crippen molar-refractivity contribution >= 4 is 23.5 Å². The summed E-state index contributed by atoms with van der Waals surface area (Å²) in [5, 5.41) is 8.72. The molecule has 2 rings (SSSR count). The molecule has 0 spiro atoms. The normalized spacial score (nSPS) is 17.5. The number of carbonyl (C=O) groups excluding carboxylic acids is 2. The molecule has 1 aromatic rings. The molecule has 1 aliphatic heterocycles. The van der Waals surface area contributed by atoms with Gasteiger partial charge in [-0.15, -0.1) is 0 Å². The lowest BCUT2D eigenvalue weighted by atomic mass is 10.1. The number of amides is 3. The summed E-state index contributed by atoms with van der Waals surface area (Å²) < 4.78 is 0. The highest BCUT2D eigenvalue weighted by atomic mass is 35.5. The summed E-state index contributed by atoms with van der Waals surface area (Å²) in [7, 11) is 2.12. The summed E-state index contributed by atoms with van der Waals surface area (Å²) in [6.45, 7) is 2.52. The van der Waals surface area contributed by atoms with Gasteiger partial charge in [0, 0.05) is 25.7 Å². The van der Waals surface area contributed by atoms with E-state index < -0.39 is 0 Å². The fourth-order valence-electron chi connectivity index (χ4n) is 2.85. The molecule has 1 saturated heterocycles. The summed E-state index contributed by atoms with van der Waals surface area (Å²) in [5.74, 6) is -0.243. The predicted molar refractivity (Wildman–Crippen MR) is 95.5 cm³/mol. The maximum absolute atomic E-state index is 11.9. The lowest BCUT2D eigenvalue weighted by molar-refractivity contribution is 0.0954. The second-order valence-electron chi connectivity index (χ2n) is 5.98. The second-order valence-corrected chi connectivity index (χ2v) is 6.39. The number of likely N-dealkylation sites (tertiary alicyclic amines) is 1. The maximum Gasteiger partial charge on any atom is 0.314 e. The monoisotopic (exact) mass is 352 g/mol. The number of urea groups is 1. The molecule has 0 aliphatic carbocycles. The Morgan fingerprint density at radius 3 is 2.58 bits per heavy atom. The number of rotatable bonds is 7. The van der Waals surface area contributed by atoms with Crippen LogP contribution < -0.4 is 16.0 Å². The van der Waals surface area contributed by atoms with Gasteiger partial charge in [-0.25, -0.2) is 4.79 Å². The van der Waals surface area contributed by atoms with Crippen molar-refractivity contribution in [1.29, 1.82) is 0 Å². The van der Waals surface area contributed by atoms with Crippen LogP contribution in [0.15, 0.2) is 24.3 Å². The first kappa shape index (κ1) is 18.5. The van der Waals surface area contributed by atoms with Crippen LogP contribution in [0, 0.1) is 0 Å². The number of benzene rings is 1. The molecule has 3 amide bonds. The van der Waals surface area contributed by atoms with E-state index in [4.69, 9.17) is 11.6 Å². The van der Waals surface area contributed by atoms with Crippen molar-refractivity contribution in [2.75, 3.05) is 33.2 Å². The molecule has 1 fully saturated rings. The minimum absolute atomic E-state index is 0.206. The topological polar surface area (TPSA) is 73.5 Å². The van der Waals surface area contributed by atoms with Gasteiger partial charge in [0.25, 0.3) is 5.91 Å². The van der Waals surface area contributed by atoms with E-state index in [-0.39, 0.29) is 11.9 Å². The molecule has 0 unspecified atom stereocenters. The maximum atomic E-state index is 11.9. The number of hydrogen-bond donors (Lipinski definition) is 3. The molecule has 7 heteroatoms. The Morgan fingerprint density at radius 2 is 1.88 bits per heavy atom. The lowest BCUT2D eigenvalue weighted by Gasteiger charge is -2.19. The highest BCUT2D eigenvalue weighted by molar-refractivity contribution is 6.33. The van der Waals surface area contributed by atoms with Gasteiger partial charge in [-0.3, -0.25) is 4.79 Å². The van der Waals surface area contributed by atoms with E-state index >= 15 is 0 Å². The van der Waals surface area contributed by atoms with Crippen LogP contribution >= 0.6 is 11.6 Å². The highest BCUT2D eigenvalue weighted by Gasteiger charge is 2.20. The Balaban J connectivity index is 1.56. The van der Waals surface area contributed by atoms with Crippen molar-refractivity contribution in [2.45, 2.75) is 25.3 Å². The minimum Gasteiger partial charge on any atom is -0.350 e. The standard InChI is InChI=1S/C17H25ClN4O2/c1-22-12-4-5-13(22)8-9-20-17(24)21-11-10-19-16(23)14-6-2-3-7-15(14)18/h2-3,6-7,13H,4-5,8-12H2,1H3,(H,19,23)(H2,20,21,24)/t13-/m1/s1. The smallest absolute Gasteiger partial charge is 0.314 e. The van der Waals surface area contributed by atoms with Gasteiger partial charge in [0.05, 0.1) is 10.6 Å². The van der Waals surface area contributed by atoms with Gasteiger partial charge in [0.2, 0.25) is 0 Å². The molecule has 132 valence electrons. The fourth-order valence-corrected chi connectivity index (χ4v) is 3.07. The van der Waals surface area contributed by atoms with E-state index in [9.17, 15) is 9.59 Å². The van der Waals surface area contributed by atoms with Crippen molar-refractivity contribution in [1.82, 2.24) is 20.9 Å². The molecule has 0 saturated carbocycles. The molecule has 1 heterocycles. The molecule has 6 nitrogen and oxygen atoms in total. The molecule has 3 N–H and O–H groups in total. The minimum atomic E-state index is -0.243. The van der Waals surface area contributed by atoms with Gasteiger partial charge < -0.3 is 20.9 Å². The van der Waals surface area contributed by atoms with Gasteiger partial charge in [0.1, 0.15) is 0 Å². The Morgan fingerprint density at radius 1 is 1.17 bits per heavy atom. The molecule has 0 radical (unpaired) electrons. The first-order chi connectivity index (χ1) is 11.6. The fraction of sp³-hybridized carbons (Fsp3) is 0.529. The summed E-state index contributed by atoms with van der Waals surface area (Å²) in [4.78, 5) is 26.0. The van der Waals surface area contributed by atoms with Crippen LogP contribution in [0.1, 0.15) is 29.6 Å². The van der Waals surface area contributed by atoms with Crippen molar-refractivity contribution in [2.24, 2.45) is 0 Å². The number of carbonyl (C=O) groups is 2. The quantitative estimate of drug-likeness (QED) is 0.656. The zero-order chi connectivity index (χ0) is 17.4. The van der Waals surface area contributed by atoms with E-state index in [0.717, 1.165) is 13.0 Å². The molecular weight excluding hydrogens is 328 g/mol. The lowest BCUT2D eigenvalue weighted by Crippen LogP contribution is -2.41. The van der Waals surface area contributed by atoms with Crippen LogP contribution in [0.5, 0.6) is 0 Å². The molecule has 1 atom stereocenters. The van der Waals surface area contributed by atoms with Crippen LogP contribution in [0.3, 0.4) is 0 Å². The number of hydrogen-bond acceptors (Lipinski definition) is 3. The Bertz CT molecular complexity index is 567. The average Bonchev–Trinajstić information content (AvgIpc) is 2.97. The zero-order valence-electron chi connectivity index (χ0n) is 14.0. The van der Waals surface area contributed by atoms with E-state index in [1.165, 1.54) is 12.8 Å². The zero-order valence-corrected chi connectivity index (χ0v) is 14.7. The number of nitrogens with zero attached hydrogens (tertiary/aromatic N) is 1. The SMILES string of the molecule is CN1CCC[C@@H]1CCNC(=O)NCCNC(=O)c1ccccc1Cl. The van der Waals surface area contributed by atoms with E-state index in [0.29, 0.717) is 36.3 Å². The molecule has 1 aromatic carbocycles. The second kappa shape index (κ2) is 9.49. The summed E-state index contributed by atoms with van der Waals surface area (Å²) in [6.07, 6.45) is 3.40.